The summed E-state index contributed by atoms with van der Waals surface area (Å²) in [6.07, 6.45) is -0.537. The first-order valence-electron chi connectivity index (χ1n) is 3.99. The molecule has 0 fully saturated rings. The van der Waals surface area contributed by atoms with Gasteiger partial charge in [-0.05, 0) is 0 Å². The van der Waals surface area contributed by atoms with E-state index in [-0.39, 0.29) is 6.42 Å². The van der Waals surface area contributed by atoms with Crippen molar-refractivity contribution in [2.24, 2.45) is 0 Å². The minimum absolute atomic E-state index is 0.264. The van der Waals surface area contributed by atoms with Gasteiger partial charge in [-0.3, -0.25) is 0 Å². The number of aliphatic hydroxyl groups is 1. The average molecular weight is 175 g/mol. The molecule has 72 valence electrons. The molecule has 0 radical (unpaired) electrons. The Bertz CT molecular complexity index is 151. The normalized spacial score (nSPS) is 14.3. The smallest absolute Gasteiger partial charge is 0.0805 e. The zero-order valence-electron chi connectivity index (χ0n) is 7.91. The van der Waals surface area contributed by atoms with Crippen LogP contribution in [0.4, 0.5) is 0 Å². The lowest BCUT2D eigenvalue weighted by Crippen LogP contribution is -2.38. The van der Waals surface area contributed by atoms with Gasteiger partial charge in [0.05, 0.1) is 33.8 Å². The Kier molecular flexibility index (Phi) is 4.20. The number of rotatable bonds is 5. The zero-order valence-corrected chi connectivity index (χ0v) is 7.91. The molecule has 0 aromatic carbocycles. The van der Waals surface area contributed by atoms with Crippen molar-refractivity contribution in [3.05, 3.63) is 0 Å². The van der Waals surface area contributed by atoms with Gasteiger partial charge >= 0.3 is 0 Å². The number of hydrogen-bond donors (Lipinski definition) is 1. The molecule has 0 unspecified atom stereocenters. The van der Waals surface area contributed by atoms with E-state index in [1.807, 2.05) is 21.1 Å². The largest absolute Gasteiger partial charge is 0.550 e. The van der Waals surface area contributed by atoms with Crippen LogP contribution < -0.4 is 5.11 Å². The van der Waals surface area contributed by atoms with Gasteiger partial charge in [-0.25, -0.2) is 0 Å². The molecule has 0 aromatic rings. The van der Waals surface area contributed by atoms with Crippen LogP contribution in [0.5, 0.6) is 0 Å². The summed E-state index contributed by atoms with van der Waals surface area (Å²) in [5.74, 6) is -1.19. The second-order valence-electron chi connectivity index (χ2n) is 4.03. The van der Waals surface area contributed by atoms with Gasteiger partial charge in [0.15, 0.2) is 0 Å². The second-order valence-corrected chi connectivity index (χ2v) is 4.03. The van der Waals surface area contributed by atoms with E-state index in [1.165, 1.54) is 0 Å². The number of carbonyl (C=O) groups excluding carboxylic acids is 1. The summed E-state index contributed by atoms with van der Waals surface area (Å²) in [5, 5.41) is 19.2. The van der Waals surface area contributed by atoms with Gasteiger partial charge in [-0.1, -0.05) is 0 Å². The summed E-state index contributed by atoms with van der Waals surface area (Å²) >= 11 is 0. The van der Waals surface area contributed by atoms with Crippen LogP contribution in [0.15, 0.2) is 0 Å². The van der Waals surface area contributed by atoms with Crippen molar-refractivity contribution in [2.45, 2.75) is 18.9 Å². The van der Waals surface area contributed by atoms with Crippen LogP contribution in [0, 0.1) is 0 Å². The molecule has 0 bridgehead atoms. The Morgan fingerprint density at radius 1 is 1.50 bits per heavy atom. The lowest BCUT2D eigenvalue weighted by molar-refractivity contribution is -0.870. The van der Waals surface area contributed by atoms with Crippen LogP contribution in [0.1, 0.15) is 12.8 Å². The maximum Gasteiger partial charge on any atom is 0.0805 e. The first-order valence-corrected chi connectivity index (χ1v) is 3.99. The number of nitrogens with zero attached hydrogens (tertiary/aromatic N) is 1. The van der Waals surface area contributed by atoms with Crippen LogP contribution in [-0.4, -0.2) is 49.4 Å². The predicted molar refractivity (Wildman–Crippen MR) is 43.1 cm³/mol. The molecule has 0 aliphatic rings. The summed E-state index contributed by atoms with van der Waals surface area (Å²) in [6.45, 7) is 0.758. The average Bonchev–Trinajstić information content (AvgIpc) is 1.80. The highest BCUT2D eigenvalue weighted by atomic mass is 16.4. The van der Waals surface area contributed by atoms with Crippen LogP contribution in [0.3, 0.4) is 0 Å². The highest BCUT2D eigenvalue weighted by Gasteiger charge is 2.11. The highest BCUT2D eigenvalue weighted by molar-refractivity contribution is 5.64. The van der Waals surface area contributed by atoms with Gasteiger partial charge in [0.1, 0.15) is 0 Å². The third-order valence-electron chi connectivity index (χ3n) is 1.54. The van der Waals surface area contributed by atoms with Gasteiger partial charge in [0.2, 0.25) is 0 Å². The van der Waals surface area contributed by atoms with Crippen LogP contribution in [0.25, 0.3) is 0 Å². The number of carboxylic acid groups (broad SMARTS) is 1. The molecule has 0 amide bonds. The van der Waals surface area contributed by atoms with E-state index in [9.17, 15) is 9.90 Å². The third kappa shape index (κ3) is 7.50. The minimum atomic E-state index is -1.19. The topological polar surface area (TPSA) is 60.4 Å². The van der Waals surface area contributed by atoms with Crippen molar-refractivity contribution in [1.29, 1.82) is 0 Å². The quantitative estimate of drug-likeness (QED) is 0.522. The molecule has 4 heteroatoms. The fourth-order valence-electron chi connectivity index (χ4n) is 0.831. The van der Waals surface area contributed by atoms with Crippen molar-refractivity contribution < 1.29 is 19.5 Å². The lowest BCUT2D eigenvalue weighted by Gasteiger charge is -2.25. The number of carboxylic acids is 1. The molecule has 12 heavy (non-hydrogen) atoms. The van der Waals surface area contributed by atoms with E-state index in [0.29, 0.717) is 6.42 Å². The van der Waals surface area contributed by atoms with Crippen LogP contribution in [0.2, 0.25) is 0 Å². The first-order chi connectivity index (χ1) is 5.31. The molecule has 0 saturated heterocycles. The summed E-state index contributed by atoms with van der Waals surface area (Å²) in [7, 11) is 5.98. The molecule has 1 N–H and O–H groups in total. The van der Waals surface area contributed by atoms with E-state index in [0.717, 1.165) is 11.0 Å². The number of aliphatic hydroxyl groups excluding tert-OH is 1. The van der Waals surface area contributed by atoms with Gasteiger partial charge in [-0.15, -0.1) is 0 Å². The van der Waals surface area contributed by atoms with Crippen molar-refractivity contribution in [3.8, 4) is 0 Å². The first kappa shape index (κ1) is 11.4. The van der Waals surface area contributed by atoms with Crippen LogP contribution in [-0.2, 0) is 4.79 Å². The Morgan fingerprint density at radius 2 is 2.00 bits per heavy atom. The number of quaternary nitrogens is 1. The summed E-state index contributed by atoms with van der Waals surface area (Å²) in [4.78, 5) is 10.1. The Morgan fingerprint density at radius 3 is 2.33 bits per heavy atom. The number of aliphatic carboxylic acids is 1. The van der Waals surface area contributed by atoms with Gasteiger partial charge in [-0.2, -0.15) is 0 Å². The predicted octanol–water partition coefficient (Wildman–Crippen LogP) is -1.42. The molecule has 1 atom stereocenters. The fourth-order valence-corrected chi connectivity index (χ4v) is 0.831. The van der Waals surface area contributed by atoms with Gasteiger partial charge < -0.3 is 19.5 Å². The van der Waals surface area contributed by atoms with Gasteiger partial charge in [0, 0.05) is 18.8 Å². The molecule has 0 rings (SSSR count). The summed E-state index contributed by atoms with van der Waals surface area (Å²) < 4.78 is 0.726. The molecular formula is C8H17NO3. The van der Waals surface area contributed by atoms with Crippen molar-refractivity contribution in [2.75, 3.05) is 27.7 Å². The van der Waals surface area contributed by atoms with E-state index >= 15 is 0 Å². The fraction of sp³-hybridized carbons (Fsp3) is 0.875. The Labute approximate surface area is 73.0 Å². The molecular weight excluding hydrogens is 158 g/mol. The van der Waals surface area contributed by atoms with Crippen LogP contribution >= 0.6 is 0 Å². The molecule has 0 heterocycles. The van der Waals surface area contributed by atoms with E-state index in [4.69, 9.17) is 5.11 Å². The number of carbonyl (C=O) groups is 1. The van der Waals surface area contributed by atoms with Gasteiger partial charge in [0.25, 0.3) is 0 Å². The van der Waals surface area contributed by atoms with E-state index < -0.39 is 12.1 Å². The van der Waals surface area contributed by atoms with E-state index in [1.54, 1.807) is 0 Å². The Balaban J connectivity index is 3.57. The maximum absolute atomic E-state index is 10.1. The van der Waals surface area contributed by atoms with Crippen molar-refractivity contribution >= 4 is 5.97 Å². The Hall–Kier alpha value is -0.610. The highest BCUT2D eigenvalue weighted by Crippen LogP contribution is 2.01. The summed E-state index contributed by atoms with van der Waals surface area (Å²) in [5.41, 5.74) is 0. The molecule has 0 aromatic heterocycles. The second kappa shape index (κ2) is 4.42. The molecule has 0 spiro atoms. The van der Waals surface area contributed by atoms with Crippen molar-refractivity contribution in [3.63, 3.8) is 0 Å². The van der Waals surface area contributed by atoms with E-state index in [2.05, 4.69) is 0 Å². The summed E-state index contributed by atoms with van der Waals surface area (Å²) in [6, 6.07) is 0. The lowest BCUT2D eigenvalue weighted by atomic mass is 10.2. The maximum atomic E-state index is 10.1. The monoisotopic (exact) mass is 175 g/mol. The number of hydrogen-bond acceptors (Lipinski definition) is 3. The minimum Gasteiger partial charge on any atom is -0.550 e. The molecule has 0 aliphatic heterocycles. The SMILES string of the molecule is C[N+](C)(C)CC[C@H](O)CC(=O)[O-]. The zero-order chi connectivity index (χ0) is 9.78. The molecule has 0 saturated carbocycles. The molecule has 4 nitrogen and oxygen atoms in total. The van der Waals surface area contributed by atoms with Crippen molar-refractivity contribution in [1.82, 2.24) is 0 Å². The standard InChI is InChI=1S/C8H17NO3/c1-9(2,3)5-4-7(10)6-8(11)12/h7,10H,4-6H2,1-3H3/t7-/m0/s1. The molecule has 0 aliphatic carbocycles. The third-order valence-corrected chi connectivity index (χ3v) is 1.54.